The number of hydrogen-bond donors (Lipinski definition) is 1. The first-order chi connectivity index (χ1) is 6.54. The highest BCUT2D eigenvalue weighted by atomic mass is 16.2. The zero-order valence-corrected chi connectivity index (χ0v) is 9.25. The van der Waals surface area contributed by atoms with Gasteiger partial charge in [-0.2, -0.15) is 0 Å². The van der Waals surface area contributed by atoms with Gasteiger partial charge in [0.1, 0.15) is 0 Å². The van der Waals surface area contributed by atoms with Gasteiger partial charge < -0.3 is 5.11 Å². The maximum atomic E-state index is 8.69. The van der Waals surface area contributed by atoms with E-state index in [0.29, 0.717) is 0 Å². The van der Waals surface area contributed by atoms with Crippen LogP contribution >= 0.6 is 0 Å². The Morgan fingerprint density at radius 2 is 2.00 bits per heavy atom. The van der Waals surface area contributed by atoms with Gasteiger partial charge in [0.05, 0.1) is 0 Å². The van der Waals surface area contributed by atoms with E-state index in [2.05, 4.69) is 37.9 Å². The summed E-state index contributed by atoms with van der Waals surface area (Å²) >= 11 is 0. The third-order valence-corrected chi connectivity index (χ3v) is 2.22. The molecule has 0 aliphatic carbocycles. The van der Waals surface area contributed by atoms with Crippen molar-refractivity contribution >= 4 is 0 Å². The van der Waals surface area contributed by atoms with Crippen molar-refractivity contribution < 1.29 is 5.11 Å². The second-order valence-corrected chi connectivity index (χ2v) is 4.63. The molecule has 1 heterocycles. The third-order valence-electron chi connectivity index (χ3n) is 2.22. The summed E-state index contributed by atoms with van der Waals surface area (Å²) in [5.74, 6) is 0. The molecule has 0 spiro atoms. The predicted octanol–water partition coefficient (Wildman–Crippen LogP) is 2.30. The summed E-state index contributed by atoms with van der Waals surface area (Å²) in [5, 5.41) is 8.69. The van der Waals surface area contributed by atoms with Crippen LogP contribution in [-0.4, -0.2) is 16.7 Å². The molecule has 2 nitrogen and oxygen atoms in total. The number of aryl methyl sites for hydroxylation is 1. The number of aliphatic hydroxyl groups excluding tert-OH is 1. The van der Waals surface area contributed by atoms with Crippen LogP contribution in [0.25, 0.3) is 0 Å². The largest absolute Gasteiger partial charge is 0.396 e. The van der Waals surface area contributed by atoms with Gasteiger partial charge in [-0.3, -0.25) is 4.98 Å². The van der Waals surface area contributed by atoms with E-state index < -0.39 is 0 Å². The fourth-order valence-electron chi connectivity index (χ4n) is 1.30. The minimum Gasteiger partial charge on any atom is -0.396 e. The topological polar surface area (TPSA) is 33.1 Å². The monoisotopic (exact) mass is 193 g/mol. The van der Waals surface area contributed by atoms with Crippen LogP contribution in [0.3, 0.4) is 0 Å². The molecule has 0 bridgehead atoms. The molecule has 14 heavy (non-hydrogen) atoms. The van der Waals surface area contributed by atoms with Gasteiger partial charge in [0.25, 0.3) is 0 Å². The minimum atomic E-state index is 0.121. The number of pyridine rings is 1. The molecular weight excluding hydrogens is 174 g/mol. The first kappa shape index (κ1) is 11.2. The van der Waals surface area contributed by atoms with E-state index in [1.54, 1.807) is 0 Å². The van der Waals surface area contributed by atoms with Crippen molar-refractivity contribution in [2.75, 3.05) is 6.61 Å². The Hall–Kier alpha value is -0.890. The van der Waals surface area contributed by atoms with Crippen LogP contribution < -0.4 is 0 Å². The van der Waals surface area contributed by atoms with Gasteiger partial charge in [0.2, 0.25) is 0 Å². The molecule has 0 saturated heterocycles. The molecule has 0 saturated carbocycles. The molecule has 1 aromatic heterocycles. The first-order valence-electron chi connectivity index (χ1n) is 5.10. The van der Waals surface area contributed by atoms with Gasteiger partial charge in [0, 0.05) is 23.9 Å². The molecule has 78 valence electrons. The van der Waals surface area contributed by atoms with Crippen molar-refractivity contribution in [1.29, 1.82) is 0 Å². The second-order valence-electron chi connectivity index (χ2n) is 4.63. The summed E-state index contributed by atoms with van der Waals surface area (Å²) < 4.78 is 0. The lowest BCUT2D eigenvalue weighted by molar-refractivity contribution is 0.288. The molecule has 1 N–H and O–H groups in total. The molecule has 0 aliphatic heterocycles. The lowest BCUT2D eigenvalue weighted by Crippen LogP contribution is -2.13. The van der Waals surface area contributed by atoms with Gasteiger partial charge in [-0.05, 0) is 24.5 Å². The Morgan fingerprint density at radius 3 is 2.43 bits per heavy atom. The maximum absolute atomic E-state index is 8.69. The summed E-state index contributed by atoms with van der Waals surface area (Å²) in [5.41, 5.74) is 2.44. The molecule has 0 fully saturated rings. The van der Waals surface area contributed by atoms with Crippen molar-refractivity contribution in [2.24, 2.45) is 0 Å². The molecule has 0 amide bonds. The lowest BCUT2D eigenvalue weighted by Gasteiger charge is -2.17. The van der Waals surface area contributed by atoms with Crippen LogP contribution in [0.2, 0.25) is 0 Å². The Balaban J connectivity index is 2.69. The smallest absolute Gasteiger partial charge is 0.0457 e. The number of hydrogen-bond acceptors (Lipinski definition) is 2. The molecule has 2 heteroatoms. The minimum absolute atomic E-state index is 0.121. The number of aliphatic hydroxyl groups is 1. The van der Waals surface area contributed by atoms with E-state index in [1.807, 2.05) is 6.20 Å². The molecular formula is C12H19NO. The fourth-order valence-corrected chi connectivity index (χ4v) is 1.30. The molecule has 1 aromatic rings. The number of rotatable bonds is 3. The standard InChI is InChI=1S/C12H19NO/c1-12(2,3)11-7-6-10(9-13-11)5-4-8-14/h6-7,9,14H,4-5,8H2,1-3H3. The van der Waals surface area contributed by atoms with Crippen molar-refractivity contribution in [3.05, 3.63) is 29.6 Å². The average molecular weight is 193 g/mol. The van der Waals surface area contributed by atoms with E-state index in [9.17, 15) is 0 Å². The van der Waals surface area contributed by atoms with Gasteiger partial charge in [-0.25, -0.2) is 0 Å². The average Bonchev–Trinajstić information content (AvgIpc) is 2.14. The summed E-state index contributed by atoms with van der Waals surface area (Å²) in [4.78, 5) is 4.42. The van der Waals surface area contributed by atoms with E-state index >= 15 is 0 Å². The maximum Gasteiger partial charge on any atom is 0.0457 e. The number of aromatic nitrogens is 1. The SMILES string of the molecule is CC(C)(C)c1ccc(CCCO)cn1. The van der Waals surface area contributed by atoms with Crippen LogP contribution in [0.1, 0.15) is 38.4 Å². The number of nitrogens with zero attached hydrogens (tertiary/aromatic N) is 1. The van der Waals surface area contributed by atoms with Crippen LogP contribution in [0.15, 0.2) is 18.3 Å². The molecule has 0 atom stereocenters. The second kappa shape index (κ2) is 4.56. The fraction of sp³-hybridized carbons (Fsp3) is 0.583. The van der Waals surface area contributed by atoms with E-state index in [4.69, 9.17) is 5.11 Å². The van der Waals surface area contributed by atoms with Crippen LogP contribution in [0.4, 0.5) is 0 Å². The first-order valence-corrected chi connectivity index (χ1v) is 5.10. The van der Waals surface area contributed by atoms with Gasteiger partial charge in [-0.1, -0.05) is 26.8 Å². The Morgan fingerprint density at radius 1 is 1.29 bits per heavy atom. The molecule has 1 rings (SSSR count). The van der Waals surface area contributed by atoms with Gasteiger partial charge in [-0.15, -0.1) is 0 Å². The molecule has 0 aliphatic rings. The predicted molar refractivity (Wildman–Crippen MR) is 58.3 cm³/mol. The van der Waals surface area contributed by atoms with Crippen molar-refractivity contribution in [3.63, 3.8) is 0 Å². The molecule has 0 unspecified atom stereocenters. The molecule has 0 radical (unpaired) electrons. The van der Waals surface area contributed by atoms with Gasteiger partial charge in [0.15, 0.2) is 0 Å². The zero-order valence-electron chi connectivity index (χ0n) is 9.25. The Kier molecular flexibility index (Phi) is 3.64. The van der Waals surface area contributed by atoms with E-state index in [0.717, 1.165) is 18.5 Å². The summed E-state index contributed by atoms with van der Waals surface area (Å²) in [7, 11) is 0. The Labute approximate surface area is 86.0 Å². The van der Waals surface area contributed by atoms with Crippen LogP contribution in [0, 0.1) is 0 Å². The normalized spacial score (nSPS) is 11.7. The third kappa shape index (κ3) is 3.11. The molecule has 0 aromatic carbocycles. The van der Waals surface area contributed by atoms with E-state index in [1.165, 1.54) is 5.56 Å². The lowest BCUT2D eigenvalue weighted by atomic mass is 9.91. The van der Waals surface area contributed by atoms with Crippen molar-refractivity contribution in [1.82, 2.24) is 4.98 Å². The van der Waals surface area contributed by atoms with Crippen molar-refractivity contribution in [2.45, 2.75) is 39.0 Å². The quantitative estimate of drug-likeness (QED) is 0.799. The highest BCUT2D eigenvalue weighted by molar-refractivity contribution is 5.19. The summed E-state index contributed by atoms with van der Waals surface area (Å²) in [6.07, 6.45) is 3.64. The van der Waals surface area contributed by atoms with E-state index in [-0.39, 0.29) is 12.0 Å². The zero-order chi connectivity index (χ0) is 10.6. The highest BCUT2D eigenvalue weighted by Gasteiger charge is 2.14. The van der Waals surface area contributed by atoms with Gasteiger partial charge >= 0.3 is 0 Å². The van der Waals surface area contributed by atoms with Crippen molar-refractivity contribution in [3.8, 4) is 0 Å². The van der Waals surface area contributed by atoms with Crippen LogP contribution in [-0.2, 0) is 11.8 Å². The van der Waals surface area contributed by atoms with Crippen LogP contribution in [0.5, 0.6) is 0 Å². The summed E-state index contributed by atoms with van der Waals surface area (Å²) in [6, 6.07) is 4.18. The Bertz CT molecular complexity index is 271. The highest BCUT2D eigenvalue weighted by Crippen LogP contribution is 2.19. The summed E-state index contributed by atoms with van der Waals surface area (Å²) in [6.45, 7) is 6.72.